The van der Waals surface area contributed by atoms with E-state index in [2.05, 4.69) is 4.98 Å². The molecular weight excluding hydrogens is 359 g/mol. The number of hydrogen-bond donors (Lipinski definition) is 1. The van der Waals surface area contributed by atoms with E-state index in [1.807, 2.05) is 12.1 Å². The van der Waals surface area contributed by atoms with Crippen LogP contribution in [0, 0.1) is 0 Å². The van der Waals surface area contributed by atoms with Gasteiger partial charge in [-0.25, -0.2) is 0 Å². The number of hydrogen-bond acceptors (Lipinski definition) is 4. The number of thiocarbonyl (C=S) groups is 1. The summed E-state index contributed by atoms with van der Waals surface area (Å²) < 4.78 is 0.636. The summed E-state index contributed by atoms with van der Waals surface area (Å²) in [7, 11) is 0. The second-order valence-corrected chi connectivity index (χ2v) is 7.40. The van der Waals surface area contributed by atoms with Gasteiger partial charge >= 0.3 is 0 Å². The molecule has 0 radical (unpaired) electrons. The Balaban J connectivity index is 1.98. The Bertz CT molecular complexity index is 714. The molecule has 0 bridgehead atoms. The van der Waals surface area contributed by atoms with Crippen molar-refractivity contribution in [2.45, 2.75) is 12.3 Å². The van der Waals surface area contributed by atoms with Crippen molar-refractivity contribution in [3.05, 3.63) is 63.9 Å². The quantitative estimate of drug-likeness (QED) is 0.824. The molecule has 3 nitrogen and oxygen atoms in total. The predicted octanol–water partition coefficient (Wildman–Crippen LogP) is 4.07. The van der Waals surface area contributed by atoms with Crippen molar-refractivity contribution in [2.75, 3.05) is 5.75 Å². The summed E-state index contributed by atoms with van der Waals surface area (Å²) in [5.74, 6) is 0.424. The molecule has 1 atom stereocenters. The second-order valence-electron chi connectivity index (χ2n) is 4.94. The van der Waals surface area contributed by atoms with Gasteiger partial charge in [0.25, 0.3) is 0 Å². The Morgan fingerprint density at radius 2 is 2.18 bits per heavy atom. The van der Waals surface area contributed by atoms with Crippen molar-refractivity contribution in [1.29, 1.82) is 0 Å². The third-order valence-electron chi connectivity index (χ3n) is 3.49. The molecule has 114 valence electrons. The normalized spacial score (nSPS) is 21.4. The number of aliphatic hydroxyl groups is 1. The molecule has 1 N–H and O–H groups in total. The largest absolute Gasteiger partial charge is 0.366 e. The third kappa shape index (κ3) is 2.96. The summed E-state index contributed by atoms with van der Waals surface area (Å²) in [6.07, 6.45) is 3.47. The molecule has 1 aliphatic rings. The van der Waals surface area contributed by atoms with Crippen molar-refractivity contribution in [2.24, 2.45) is 0 Å². The van der Waals surface area contributed by atoms with Crippen LogP contribution in [0.5, 0.6) is 0 Å². The summed E-state index contributed by atoms with van der Waals surface area (Å²) in [5, 5.41) is 12.2. The molecule has 1 aliphatic heterocycles. The minimum absolute atomic E-state index is 0.424. The third-order valence-corrected chi connectivity index (χ3v) is 5.63. The molecule has 1 aromatic heterocycles. The first kappa shape index (κ1) is 16.0. The number of rotatable bonds is 3. The first-order chi connectivity index (χ1) is 10.5. The van der Waals surface area contributed by atoms with Crippen LogP contribution in [-0.4, -0.2) is 25.1 Å². The zero-order valence-electron chi connectivity index (χ0n) is 11.4. The molecule has 0 unspecified atom stereocenters. The average molecular weight is 371 g/mol. The van der Waals surface area contributed by atoms with Gasteiger partial charge in [-0.2, -0.15) is 0 Å². The van der Waals surface area contributed by atoms with Crippen LogP contribution in [-0.2, 0) is 12.3 Å². The van der Waals surface area contributed by atoms with Crippen molar-refractivity contribution < 1.29 is 5.11 Å². The molecule has 1 aromatic carbocycles. The Hall–Kier alpha value is -0.850. The summed E-state index contributed by atoms with van der Waals surface area (Å²) >= 11 is 19.1. The van der Waals surface area contributed by atoms with E-state index in [1.165, 1.54) is 11.8 Å². The average Bonchev–Trinajstić information content (AvgIpc) is 2.77. The maximum atomic E-state index is 11.2. The van der Waals surface area contributed by atoms with E-state index in [0.29, 0.717) is 32.2 Å². The minimum Gasteiger partial charge on any atom is -0.366 e. The van der Waals surface area contributed by atoms with Crippen LogP contribution in [0.25, 0.3) is 0 Å². The molecular formula is C15H12Cl2N2OS2. The molecule has 0 amide bonds. The monoisotopic (exact) mass is 370 g/mol. The molecule has 0 spiro atoms. The Morgan fingerprint density at radius 3 is 2.86 bits per heavy atom. The second kappa shape index (κ2) is 6.34. The zero-order valence-corrected chi connectivity index (χ0v) is 14.5. The smallest absolute Gasteiger partial charge is 0.176 e. The highest BCUT2D eigenvalue weighted by atomic mass is 35.5. The number of pyridine rings is 1. The molecule has 2 aromatic rings. The summed E-state index contributed by atoms with van der Waals surface area (Å²) in [6, 6.07) is 8.90. The zero-order chi connectivity index (χ0) is 15.7. The molecule has 3 rings (SSSR count). The summed E-state index contributed by atoms with van der Waals surface area (Å²) in [4.78, 5) is 5.88. The predicted molar refractivity (Wildman–Crippen MR) is 95.2 cm³/mol. The standard InChI is InChI=1S/C15H12Cl2N2OS2/c16-11-3-4-12(13(17)6-11)15(20)9-22-14(21)19(15)8-10-2-1-5-18-7-10/h1-7,20H,8-9H2/t15-/m1/s1. The van der Waals surface area contributed by atoms with Gasteiger partial charge in [-0.3, -0.25) is 4.98 Å². The van der Waals surface area contributed by atoms with Gasteiger partial charge in [0.15, 0.2) is 5.72 Å². The van der Waals surface area contributed by atoms with E-state index in [1.54, 1.807) is 35.5 Å². The highest BCUT2D eigenvalue weighted by Crippen LogP contribution is 2.43. The molecule has 1 saturated heterocycles. The number of nitrogens with zero attached hydrogens (tertiary/aromatic N) is 2. The van der Waals surface area contributed by atoms with Crippen molar-refractivity contribution in [1.82, 2.24) is 9.88 Å². The molecule has 7 heteroatoms. The van der Waals surface area contributed by atoms with Crippen molar-refractivity contribution >= 4 is 51.5 Å². The number of halogens is 2. The van der Waals surface area contributed by atoms with Crippen LogP contribution in [0.3, 0.4) is 0 Å². The lowest BCUT2D eigenvalue weighted by atomic mass is 10.0. The maximum Gasteiger partial charge on any atom is 0.176 e. The van der Waals surface area contributed by atoms with Gasteiger partial charge in [-0.05, 0) is 23.8 Å². The Labute approximate surface area is 148 Å². The van der Waals surface area contributed by atoms with Gasteiger partial charge in [0.1, 0.15) is 4.32 Å². The first-order valence-electron chi connectivity index (χ1n) is 6.52. The van der Waals surface area contributed by atoms with E-state index in [4.69, 9.17) is 35.4 Å². The Morgan fingerprint density at radius 1 is 1.36 bits per heavy atom. The number of thioether (sulfide) groups is 1. The van der Waals surface area contributed by atoms with Gasteiger partial charge in [-0.1, -0.05) is 59.3 Å². The maximum absolute atomic E-state index is 11.2. The van der Waals surface area contributed by atoms with Gasteiger partial charge in [0, 0.05) is 29.5 Å². The lowest BCUT2D eigenvalue weighted by Crippen LogP contribution is -2.44. The van der Waals surface area contributed by atoms with Crippen LogP contribution < -0.4 is 0 Å². The molecule has 2 heterocycles. The first-order valence-corrected chi connectivity index (χ1v) is 8.67. The minimum atomic E-state index is -1.25. The topological polar surface area (TPSA) is 36.4 Å². The van der Waals surface area contributed by atoms with Crippen LogP contribution in [0.15, 0.2) is 42.7 Å². The van der Waals surface area contributed by atoms with E-state index < -0.39 is 5.72 Å². The fraction of sp³-hybridized carbons (Fsp3) is 0.200. The van der Waals surface area contributed by atoms with Crippen molar-refractivity contribution in [3.8, 4) is 0 Å². The number of benzene rings is 1. The summed E-state index contributed by atoms with van der Waals surface area (Å²) in [6.45, 7) is 0.467. The number of aromatic nitrogens is 1. The van der Waals surface area contributed by atoms with Gasteiger partial charge in [-0.15, -0.1) is 0 Å². The van der Waals surface area contributed by atoms with E-state index in [0.717, 1.165) is 5.56 Å². The van der Waals surface area contributed by atoms with Gasteiger partial charge in [0.05, 0.1) is 10.8 Å². The van der Waals surface area contributed by atoms with Gasteiger partial charge in [0.2, 0.25) is 0 Å². The lowest BCUT2D eigenvalue weighted by molar-refractivity contribution is -0.0508. The van der Waals surface area contributed by atoms with E-state index in [9.17, 15) is 5.11 Å². The van der Waals surface area contributed by atoms with Crippen molar-refractivity contribution in [3.63, 3.8) is 0 Å². The summed E-state index contributed by atoms with van der Waals surface area (Å²) in [5.41, 5.74) is 0.324. The lowest BCUT2D eigenvalue weighted by Gasteiger charge is -2.35. The van der Waals surface area contributed by atoms with Crippen LogP contribution in [0.2, 0.25) is 10.0 Å². The highest BCUT2D eigenvalue weighted by molar-refractivity contribution is 8.23. The van der Waals surface area contributed by atoms with E-state index >= 15 is 0 Å². The van der Waals surface area contributed by atoms with Crippen LogP contribution >= 0.6 is 47.2 Å². The van der Waals surface area contributed by atoms with Gasteiger partial charge < -0.3 is 10.0 Å². The van der Waals surface area contributed by atoms with E-state index in [-0.39, 0.29) is 0 Å². The fourth-order valence-corrected chi connectivity index (χ4v) is 4.34. The SMILES string of the molecule is O[C@@]1(c2ccc(Cl)cc2Cl)CSC(=S)N1Cc1cccnc1. The molecule has 0 saturated carbocycles. The van der Waals surface area contributed by atoms with Crippen LogP contribution in [0.1, 0.15) is 11.1 Å². The van der Waals surface area contributed by atoms with Crippen LogP contribution in [0.4, 0.5) is 0 Å². The Kier molecular flexibility index (Phi) is 4.61. The highest BCUT2D eigenvalue weighted by Gasteiger charge is 2.45. The molecule has 0 aliphatic carbocycles. The molecule has 22 heavy (non-hydrogen) atoms. The molecule has 1 fully saturated rings. The fourth-order valence-electron chi connectivity index (χ4n) is 2.38.